The summed E-state index contributed by atoms with van der Waals surface area (Å²) < 4.78 is 0. The molecule has 3 nitrogen and oxygen atoms in total. The van der Waals surface area contributed by atoms with E-state index in [2.05, 4.69) is 6.92 Å². The van der Waals surface area contributed by atoms with Gasteiger partial charge in [-0.15, -0.1) is 11.3 Å². The number of carbonyl (C=O) groups is 2. The molecule has 4 heteroatoms. The van der Waals surface area contributed by atoms with Gasteiger partial charge in [-0.25, -0.2) is 0 Å². The van der Waals surface area contributed by atoms with E-state index in [4.69, 9.17) is 0 Å². The van der Waals surface area contributed by atoms with Crippen LogP contribution in [0, 0.1) is 0 Å². The Balaban J connectivity index is 2.16. The summed E-state index contributed by atoms with van der Waals surface area (Å²) in [6, 6.07) is 2.04. The van der Waals surface area contributed by atoms with Crippen LogP contribution in [0.4, 0.5) is 0 Å². The van der Waals surface area contributed by atoms with Gasteiger partial charge >= 0.3 is 0 Å². The minimum Gasteiger partial charge on any atom is -0.270 e. The van der Waals surface area contributed by atoms with Crippen molar-refractivity contribution < 1.29 is 9.59 Å². The summed E-state index contributed by atoms with van der Waals surface area (Å²) in [6.07, 6.45) is 3.58. The molecule has 1 aliphatic heterocycles. The Morgan fingerprint density at radius 1 is 1.27 bits per heavy atom. The average molecular weight is 221 g/mol. The van der Waals surface area contributed by atoms with Crippen LogP contribution in [0.1, 0.15) is 17.4 Å². The second-order valence-electron chi connectivity index (χ2n) is 3.32. The number of carbonyl (C=O) groups excluding carboxylic acids is 2. The summed E-state index contributed by atoms with van der Waals surface area (Å²) in [5.41, 5.74) is 1.22. The van der Waals surface area contributed by atoms with Gasteiger partial charge < -0.3 is 0 Å². The van der Waals surface area contributed by atoms with Crippen molar-refractivity contribution in [1.82, 2.24) is 4.90 Å². The molecule has 0 saturated carbocycles. The van der Waals surface area contributed by atoms with Crippen LogP contribution in [0.3, 0.4) is 0 Å². The summed E-state index contributed by atoms with van der Waals surface area (Å²) in [7, 11) is 0. The molecule has 0 unspecified atom stereocenters. The Morgan fingerprint density at radius 3 is 2.53 bits per heavy atom. The van der Waals surface area contributed by atoms with Gasteiger partial charge in [-0.1, -0.05) is 6.92 Å². The SMILES string of the molecule is CCc1ccsc1CN1C(=O)C=CC1=O. The average Bonchev–Trinajstić information content (AvgIpc) is 2.79. The predicted molar refractivity (Wildman–Crippen MR) is 58.4 cm³/mol. The van der Waals surface area contributed by atoms with E-state index < -0.39 is 0 Å². The molecule has 0 N–H and O–H groups in total. The third-order valence-electron chi connectivity index (χ3n) is 2.42. The molecule has 0 aliphatic carbocycles. The van der Waals surface area contributed by atoms with Crippen LogP contribution in [0.15, 0.2) is 23.6 Å². The number of nitrogens with zero attached hydrogens (tertiary/aromatic N) is 1. The smallest absolute Gasteiger partial charge is 0.253 e. The first-order valence-electron chi connectivity index (χ1n) is 4.81. The van der Waals surface area contributed by atoms with Crippen molar-refractivity contribution in [3.63, 3.8) is 0 Å². The number of hydrogen-bond donors (Lipinski definition) is 0. The third-order valence-corrected chi connectivity index (χ3v) is 3.37. The lowest BCUT2D eigenvalue weighted by Gasteiger charge is -2.13. The highest BCUT2D eigenvalue weighted by molar-refractivity contribution is 7.10. The number of rotatable bonds is 3. The first kappa shape index (κ1) is 10.1. The Morgan fingerprint density at radius 2 is 1.93 bits per heavy atom. The first-order valence-corrected chi connectivity index (χ1v) is 5.69. The van der Waals surface area contributed by atoms with Crippen LogP contribution < -0.4 is 0 Å². The van der Waals surface area contributed by atoms with Crippen molar-refractivity contribution >= 4 is 23.2 Å². The van der Waals surface area contributed by atoms with Gasteiger partial charge in [-0.2, -0.15) is 0 Å². The second-order valence-corrected chi connectivity index (χ2v) is 4.32. The molecule has 0 radical (unpaired) electrons. The highest BCUT2D eigenvalue weighted by Crippen LogP contribution is 2.21. The van der Waals surface area contributed by atoms with Crippen LogP contribution in [-0.2, 0) is 22.6 Å². The monoisotopic (exact) mass is 221 g/mol. The molecule has 0 saturated heterocycles. The zero-order valence-corrected chi connectivity index (χ0v) is 9.21. The molecule has 15 heavy (non-hydrogen) atoms. The molecule has 2 rings (SSSR count). The van der Waals surface area contributed by atoms with Crippen molar-refractivity contribution in [3.8, 4) is 0 Å². The van der Waals surface area contributed by atoms with E-state index in [9.17, 15) is 9.59 Å². The summed E-state index contributed by atoms with van der Waals surface area (Å²) in [5.74, 6) is -0.425. The van der Waals surface area contributed by atoms with E-state index in [0.717, 1.165) is 11.3 Å². The lowest BCUT2D eigenvalue weighted by atomic mass is 10.2. The zero-order chi connectivity index (χ0) is 10.8. The van der Waals surface area contributed by atoms with Crippen molar-refractivity contribution in [2.75, 3.05) is 0 Å². The lowest BCUT2D eigenvalue weighted by molar-refractivity contribution is -0.137. The van der Waals surface area contributed by atoms with Gasteiger partial charge in [0.25, 0.3) is 11.8 Å². The Kier molecular flexibility index (Phi) is 2.68. The predicted octanol–water partition coefficient (Wildman–Crippen LogP) is 1.74. The number of hydrogen-bond acceptors (Lipinski definition) is 3. The Bertz CT molecular complexity index is 416. The van der Waals surface area contributed by atoms with Gasteiger partial charge in [0, 0.05) is 17.0 Å². The molecular formula is C11H11NO2S. The van der Waals surface area contributed by atoms with E-state index in [1.807, 2.05) is 11.4 Å². The highest BCUT2D eigenvalue weighted by Gasteiger charge is 2.24. The largest absolute Gasteiger partial charge is 0.270 e. The fourth-order valence-electron chi connectivity index (χ4n) is 1.55. The van der Waals surface area contributed by atoms with Gasteiger partial charge in [0.1, 0.15) is 0 Å². The molecule has 1 aliphatic rings. The maximum absolute atomic E-state index is 11.3. The topological polar surface area (TPSA) is 37.4 Å². The number of imide groups is 1. The van der Waals surface area contributed by atoms with Gasteiger partial charge in [-0.05, 0) is 23.4 Å². The minimum atomic E-state index is -0.213. The standard InChI is InChI=1S/C11H11NO2S/c1-2-8-5-6-15-9(8)7-12-10(13)3-4-11(12)14/h3-6H,2,7H2,1H3. The number of amides is 2. The molecule has 0 aromatic carbocycles. The molecule has 0 fully saturated rings. The maximum Gasteiger partial charge on any atom is 0.253 e. The lowest BCUT2D eigenvalue weighted by Crippen LogP contribution is -2.29. The second kappa shape index (κ2) is 3.98. The summed E-state index contributed by atoms with van der Waals surface area (Å²) >= 11 is 1.59. The Hall–Kier alpha value is -1.42. The highest BCUT2D eigenvalue weighted by atomic mass is 32.1. The molecule has 1 aromatic rings. The molecular weight excluding hydrogens is 210 g/mol. The molecule has 2 amide bonds. The van der Waals surface area contributed by atoms with Crippen LogP contribution in [0.5, 0.6) is 0 Å². The molecule has 1 aromatic heterocycles. The first-order chi connectivity index (χ1) is 7.22. The molecule has 2 heterocycles. The van der Waals surface area contributed by atoms with Gasteiger partial charge in [0.2, 0.25) is 0 Å². The summed E-state index contributed by atoms with van der Waals surface area (Å²) in [5, 5.41) is 1.99. The van der Waals surface area contributed by atoms with Crippen molar-refractivity contribution in [1.29, 1.82) is 0 Å². The van der Waals surface area contributed by atoms with Crippen LogP contribution in [0.25, 0.3) is 0 Å². The van der Waals surface area contributed by atoms with E-state index in [1.165, 1.54) is 22.6 Å². The molecule has 78 valence electrons. The normalized spacial score (nSPS) is 15.4. The molecule has 0 atom stereocenters. The summed E-state index contributed by atoms with van der Waals surface area (Å²) in [6.45, 7) is 2.48. The maximum atomic E-state index is 11.3. The van der Waals surface area contributed by atoms with Gasteiger partial charge in [-0.3, -0.25) is 14.5 Å². The fraction of sp³-hybridized carbons (Fsp3) is 0.273. The van der Waals surface area contributed by atoms with Crippen LogP contribution in [-0.4, -0.2) is 16.7 Å². The van der Waals surface area contributed by atoms with Crippen LogP contribution >= 0.6 is 11.3 Å². The van der Waals surface area contributed by atoms with E-state index in [0.29, 0.717) is 6.54 Å². The molecule has 0 bridgehead atoms. The van der Waals surface area contributed by atoms with Gasteiger partial charge in [0.15, 0.2) is 0 Å². The van der Waals surface area contributed by atoms with E-state index in [-0.39, 0.29) is 11.8 Å². The van der Waals surface area contributed by atoms with E-state index in [1.54, 1.807) is 11.3 Å². The van der Waals surface area contributed by atoms with Crippen LogP contribution in [0.2, 0.25) is 0 Å². The number of aryl methyl sites for hydroxylation is 1. The van der Waals surface area contributed by atoms with E-state index >= 15 is 0 Å². The minimum absolute atomic E-state index is 0.213. The Labute approximate surface area is 92.0 Å². The summed E-state index contributed by atoms with van der Waals surface area (Å²) in [4.78, 5) is 25.0. The van der Waals surface area contributed by atoms with Gasteiger partial charge in [0.05, 0.1) is 6.54 Å². The van der Waals surface area contributed by atoms with Crippen molar-refractivity contribution in [3.05, 3.63) is 34.0 Å². The van der Waals surface area contributed by atoms with Crippen molar-refractivity contribution in [2.24, 2.45) is 0 Å². The third kappa shape index (κ3) is 1.85. The number of thiophene rings is 1. The zero-order valence-electron chi connectivity index (χ0n) is 8.40. The fourth-order valence-corrected chi connectivity index (χ4v) is 2.52. The quantitative estimate of drug-likeness (QED) is 0.729. The molecule has 0 spiro atoms. The van der Waals surface area contributed by atoms with Crippen molar-refractivity contribution in [2.45, 2.75) is 19.9 Å².